The Morgan fingerprint density at radius 2 is 2.17 bits per heavy atom. The van der Waals surface area contributed by atoms with Gasteiger partial charge in [0.25, 0.3) is 5.91 Å². The van der Waals surface area contributed by atoms with E-state index in [2.05, 4.69) is 30.7 Å². The standard InChI is InChI=1S/C14H22N2OS/c1-8(2)14(4)12(17)15-13(18-14)16-9(3)10-5-6-11(16)7-10/h8-11H,5-7H2,1-4H3/t9-,10-,11+,14-/m1/s1. The van der Waals surface area contributed by atoms with Crippen molar-refractivity contribution in [1.82, 2.24) is 4.90 Å². The largest absolute Gasteiger partial charge is 0.345 e. The lowest BCUT2D eigenvalue weighted by atomic mass is 9.96. The third-order valence-electron chi connectivity index (χ3n) is 5.21. The predicted molar refractivity (Wildman–Crippen MR) is 75.7 cm³/mol. The topological polar surface area (TPSA) is 32.7 Å². The number of hydrogen-bond donors (Lipinski definition) is 0. The maximum Gasteiger partial charge on any atom is 0.264 e. The molecule has 4 atom stereocenters. The number of rotatable bonds is 1. The molecular weight excluding hydrogens is 244 g/mol. The molecule has 2 bridgehead atoms. The van der Waals surface area contributed by atoms with Crippen molar-refractivity contribution in [2.45, 2.75) is 63.8 Å². The van der Waals surface area contributed by atoms with Crippen LogP contribution in [-0.2, 0) is 4.79 Å². The summed E-state index contributed by atoms with van der Waals surface area (Å²) in [6.45, 7) is 8.56. The van der Waals surface area contributed by atoms with Gasteiger partial charge in [-0.15, -0.1) is 0 Å². The molecule has 0 radical (unpaired) electrons. The van der Waals surface area contributed by atoms with Crippen LogP contribution in [0.5, 0.6) is 0 Å². The maximum absolute atomic E-state index is 12.2. The third-order valence-corrected chi connectivity index (χ3v) is 6.76. The zero-order valence-corrected chi connectivity index (χ0v) is 12.5. The summed E-state index contributed by atoms with van der Waals surface area (Å²) in [5, 5.41) is 0.996. The number of amides is 1. The van der Waals surface area contributed by atoms with Crippen LogP contribution in [0.25, 0.3) is 0 Å². The van der Waals surface area contributed by atoms with Gasteiger partial charge in [-0.05, 0) is 44.9 Å². The SMILES string of the molecule is CC(C)[C@@]1(C)SC(N2[C@H]3CC[C@H](C3)[C@H]2C)=NC1=O. The fraction of sp³-hybridized carbons (Fsp3) is 0.857. The van der Waals surface area contributed by atoms with Gasteiger partial charge >= 0.3 is 0 Å². The van der Waals surface area contributed by atoms with E-state index in [9.17, 15) is 4.79 Å². The number of aliphatic imine (C=N–C) groups is 1. The van der Waals surface area contributed by atoms with E-state index in [1.807, 2.05) is 6.92 Å². The molecular formula is C14H22N2OS. The van der Waals surface area contributed by atoms with E-state index in [4.69, 9.17) is 0 Å². The highest BCUT2D eigenvalue weighted by atomic mass is 32.2. The number of piperidine rings is 1. The second-order valence-electron chi connectivity index (χ2n) is 6.44. The highest BCUT2D eigenvalue weighted by Gasteiger charge is 2.51. The number of fused-ring (bicyclic) bond motifs is 2. The molecule has 1 saturated heterocycles. The van der Waals surface area contributed by atoms with Crippen molar-refractivity contribution in [2.75, 3.05) is 0 Å². The molecule has 2 heterocycles. The molecule has 3 rings (SSSR count). The Morgan fingerprint density at radius 3 is 2.67 bits per heavy atom. The van der Waals surface area contributed by atoms with Gasteiger partial charge in [-0.3, -0.25) is 4.79 Å². The third kappa shape index (κ3) is 1.57. The fourth-order valence-electron chi connectivity index (χ4n) is 3.50. The van der Waals surface area contributed by atoms with E-state index in [1.165, 1.54) is 19.3 Å². The lowest BCUT2D eigenvalue weighted by molar-refractivity contribution is -0.120. The molecule has 3 nitrogen and oxygen atoms in total. The zero-order valence-electron chi connectivity index (χ0n) is 11.6. The van der Waals surface area contributed by atoms with Crippen LogP contribution in [0.3, 0.4) is 0 Å². The van der Waals surface area contributed by atoms with Crippen molar-refractivity contribution in [3.8, 4) is 0 Å². The van der Waals surface area contributed by atoms with E-state index in [1.54, 1.807) is 11.8 Å². The van der Waals surface area contributed by atoms with Crippen molar-refractivity contribution in [1.29, 1.82) is 0 Å². The van der Waals surface area contributed by atoms with Crippen molar-refractivity contribution in [2.24, 2.45) is 16.8 Å². The average molecular weight is 266 g/mol. The van der Waals surface area contributed by atoms with Crippen LogP contribution in [0.4, 0.5) is 0 Å². The number of hydrogen-bond acceptors (Lipinski definition) is 3. The number of likely N-dealkylation sites (tertiary alicyclic amines) is 1. The van der Waals surface area contributed by atoms with Gasteiger partial charge in [-0.25, -0.2) is 0 Å². The molecule has 1 saturated carbocycles. The number of thioether (sulfide) groups is 1. The second kappa shape index (κ2) is 3.99. The number of nitrogens with zero attached hydrogens (tertiary/aromatic N) is 2. The Balaban J connectivity index is 1.84. The Hall–Kier alpha value is -0.510. The molecule has 3 aliphatic rings. The number of amidine groups is 1. The van der Waals surface area contributed by atoms with E-state index in [0.29, 0.717) is 18.0 Å². The predicted octanol–water partition coefficient (Wildman–Crippen LogP) is 2.90. The van der Waals surface area contributed by atoms with Crippen LogP contribution in [0.2, 0.25) is 0 Å². The Labute approximate surface area is 113 Å². The molecule has 100 valence electrons. The highest BCUT2D eigenvalue weighted by Crippen LogP contribution is 2.48. The number of carbonyl (C=O) groups excluding carboxylic acids is 1. The van der Waals surface area contributed by atoms with Crippen LogP contribution in [-0.4, -0.2) is 32.8 Å². The smallest absolute Gasteiger partial charge is 0.264 e. The van der Waals surface area contributed by atoms with E-state index in [0.717, 1.165) is 11.1 Å². The second-order valence-corrected chi connectivity index (χ2v) is 7.86. The molecule has 2 fully saturated rings. The van der Waals surface area contributed by atoms with Gasteiger partial charge in [0.1, 0.15) is 4.75 Å². The van der Waals surface area contributed by atoms with Crippen molar-refractivity contribution in [3.63, 3.8) is 0 Å². The van der Waals surface area contributed by atoms with Crippen LogP contribution in [0.1, 0.15) is 47.0 Å². The lowest BCUT2D eigenvalue weighted by Gasteiger charge is -2.35. The zero-order chi connectivity index (χ0) is 13.1. The molecule has 0 aromatic rings. The fourth-order valence-corrected chi connectivity index (χ4v) is 4.80. The molecule has 0 spiro atoms. The van der Waals surface area contributed by atoms with Crippen LogP contribution in [0.15, 0.2) is 4.99 Å². The Kier molecular flexibility index (Phi) is 2.78. The molecule has 0 aromatic carbocycles. The summed E-state index contributed by atoms with van der Waals surface area (Å²) < 4.78 is -0.350. The molecule has 1 amide bonds. The van der Waals surface area contributed by atoms with E-state index < -0.39 is 0 Å². The minimum absolute atomic E-state index is 0.0625. The minimum Gasteiger partial charge on any atom is -0.345 e. The van der Waals surface area contributed by atoms with Gasteiger partial charge in [-0.2, -0.15) is 4.99 Å². The summed E-state index contributed by atoms with van der Waals surface area (Å²) >= 11 is 1.70. The van der Waals surface area contributed by atoms with Crippen molar-refractivity contribution in [3.05, 3.63) is 0 Å². The molecule has 1 aliphatic carbocycles. The van der Waals surface area contributed by atoms with Crippen LogP contribution >= 0.6 is 11.8 Å². The molecule has 0 unspecified atom stereocenters. The van der Waals surface area contributed by atoms with E-state index >= 15 is 0 Å². The normalized spacial score (nSPS) is 43.2. The summed E-state index contributed by atoms with van der Waals surface area (Å²) in [4.78, 5) is 19.0. The molecule has 0 aromatic heterocycles. The molecule has 18 heavy (non-hydrogen) atoms. The van der Waals surface area contributed by atoms with Gasteiger partial charge in [-0.1, -0.05) is 25.6 Å². The summed E-state index contributed by atoms with van der Waals surface area (Å²) in [5.74, 6) is 1.21. The van der Waals surface area contributed by atoms with Gasteiger partial charge in [0, 0.05) is 12.1 Å². The first kappa shape index (κ1) is 12.5. The Bertz CT molecular complexity index is 418. The van der Waals surface area contributed by atoms with Crippen molar-refractivity contribution >= 4 is 22.8 Å². The quantitative estimate of drug-likeness (QED) is 0.731. The monoisotopic (exact) mass is 266 g/mol. The van der Waals surface area contributed by atoms with Crippen LogP contribution in [0, 0.1) is 11.8 Å². The summed E-state index contributed by atoms with van der Waals surface area (Å²) in [6.07, 6.45) is 3.93. The first-order valence-corrected chi connectivity index (χ1v) is 7.85. The van der Waals surface area contributed by atoms with Crippen molar-refractivity contribution < 1.29 is 4.79 Å². The summed E-state index contributed by atoms with van der Waals surface area (Å²) in [6, 6.07) is 1.20. The highest BCUT2D eigenvalue weighted by molar-refractivity contribution is 8.16. The summed E-state index contributed by atoms with van der Waals surface area (Å²) in [5.41, 5.74) is 0. The minimum atomic E-state index is -0.350. The number of carbonyl (C=O) groups is 1. The van der Waals surface area contributed by atoms with Gasteiger partial charge in [0.05, 0.1) is 0 Å². The first-order valence-electron chi connectivity index (χ1n) is 7.04. The molecule has 0 N–H and O–H groups in total. The molecule has 2 aliphatic heterocycles. The van der Waals surface area contributed by atoms with Gasteiger partial charge in [0.15, 0.2) is 5.17 Å². The van der Waals surface area contributed by atoms with Crippen LogP contribution < -0.4 is 0 Å². The average Bonchev–Trinajstić information content (AvgIpc) is 2.94. The van der Waals surface area contributed by atoms with Gasteiger partial charge in [0.2, 0.25) is 0 Å². The first-order chi connectivity index (χ1) is 8.43. The lowest BCUT2D eigenvalue weighted by Crippen LogP contribution is -2.42. The van der Waals surface area contributed by atoms with Gasteiger partial charge < -0.3 is 4.90 Å². The van der Waals surface area contributed by atoms with E-state index in [-0.39, 0.29) is 10.7 Å². The maximum atomic E-state index is 12.2. The summed E-state index contributed by atoms with van der Waals surface area (Å²) in [7, 11) is 0. The molecule has 4 heteroatoms. The Morgan fingerprint density at radius 1 is 1.44 bits per heavy atom.